The van der Waals surface area contributed by atoms with Gasteiger partial charge in [0.2, 0.25) is 10.0 Å². The van der Waals surface area contributed by atoms with Gasteiger partial charge in [-0.15, -0.1) is 11.3 Å². The Hall–Kier alpha value is -0.500. The predicted molar refractivity (Wildman–Crippen MR) is 77.7 cm³/mol. The summed E-state index contributed by atoms with van der Waals surface area (Å²) in [5, 5.41) is 9.15. The van der Waals surface area contributed by atoms with E-state index in [1.165, 1.54) is 16.2 Å². The molecule has 5 nitrogen and oxygen atoms in total. The molecule has 1 heterocycles. The highest BCUT2D eigenvalue weighted by Gasteiger charge is 2.25. The van der Waals surface area contributed by atoms with Gasteiger partial charge in [-0.05, 0) is 19.3 Å². The van der Waals surface area contributed by atoms with Crippen molar-refractivity contribution in [2.75, 3.05) is 6.54 Å². The molecule has 1 aromatic rings. The van der Waals surface area contributed by atoms with Crippen molar-refractivity contribution in [3.8, 4) is 0 Å². The molecule has 0 aromatic carbocycles. The van der Waals surface area contributed by atoms with Crippen LogP contribution in [-0.2, 0) is 22.2 Å². The molecule has 1 aromatic heterocycles. The molecule has 19 heavy (non-hydrogen) atoms. The molecule has 1 unspecified atom stereocenters. The van der Waals surface area contributed by atoms with Crippen LogP contribution in [0.15, 0.2) is 0 Å². The first kappa shape index (κ1) is 14.9. The fourth-order valence-electron chi connectivity index (χ4n) is 2.37. The second-order valence-corrected chi connectivity index (χ2v) is 8.16. The lowest BCUT2D eigenvalue weighted by atomic mass is 9.91. The molecule has 7 heteroatoms. The first-order chi connectivity index (χ1) is 8.85. The number of aromatic nitrogens is 1. The van der Waals surface area contributed by atoms with E-state index in [1.54, 1.807) is 0 Å². The highest BCUT2D eigenvalue weighted by molar-refractivity contribution is 7.88. The minimum Gasteiger partial charge on any atom is -0.314 e. The third-order valence-electron chi connectivity index (χ3n) is 3.21. The van der Waals surface area contributed by atoms with Gasteiger partial charge in [-0.2, -0.15) is 0 Å². The Morgan fingerprint density at radius 2 is 2.26 bits per heavy atom. The van der Waals surface area contributed by atoms with Crippen LogP contribution in [0, 0.1) is 0 Å². The number of rotatable bonds is 5. The quantitative estimate of drug-likeness (QED) is 0.860. The van der Waals surface area contributed by atoms with E-state index in [2.05, 4.69) is 24.1 Å². The van der Waals surface area contributed by atoms with Crippen molar-refractivity contribution >= 4 is 21.4 Å². The van der Waals surface area contributed by atoms with Crippen LogP contribution in [0.25, 0.3) is 0 Å². The number of primary sulfonamides is 1. The fraction of sp³-hybridized carbons (Fsp3) is 0.750. The Bertz CT molecular complexity index is 537. The molecule has 1 atom stereocenters. The van der Waals surface area contributed by atoms with Crippen LogP contribution in [0.3, 0.4) is 0 Å². The van der Waals surface area contributed by atoms with Crippen molar-refractivity contribution in [2.24, 2.45) is 5.14 Å². The molecule has 0 saturated carbocycles. The summed E-state index contributed by atoms with van der Waals surface area (Å²) in [5.74, 6) is 0.256. The molecule has 1 aliphatic carbocycles. The fourth-order valence-corrected chi connectivity index (χ4v) is 4.50. The molecule has 0 amide bonds. The van der Waals surface area contributed by atoms with Crippen LogP contribution in [0.4, 0.5) is 0 Å². The Labute approximate surface area is 118 Å². The largest absolute Gasteiger partial charge is 0.314 e. The number of nitrogens with one attached hydrogen (secondary N) is 1. The number of sulfonamides is 1. The van der Waals surface area contributed by atoms with Gasteiger partial charge in [0.1, 0.15) is 10.8 Å². The third kappa shape index (κ3) is 4.24. The average Bonchev–Trinajstić information content (AvgIpc) is 2.65. The van der Waals surface area contributed by atoms with E-state index in [-0.39, 0.29) is 5.75 Å². The molecule has 0 radical (unpaired) electrons. The van der Waals surface area contributed by atoms with Crippen molar-refractivity contribution in [1.82, 2.24) is 10.3 Å². The van der Waals surface area contributed by atoms with E-state index in [1.807, 2.05) is 0 Å². The lowest BCUT2D eigenvalue weighted by molar-refractivity contribution is 0.474. The maximum atomic E-state index is 11.1. The monoisotopic (exact) mass is 303 g/mol. The summed E-state index contributed by atoms with van der Waals surface area (Å²) >= 11 is 1.50. The van der Waals surface area contributed by atoms with Crippen LogP contribution >= 0.6 is 11.3 Å². The molecule has 0 aliphatic heterocycles. The van der Waals surface area contributed by atoms with Crippen LogP contribution in [-0.4, -0.2) is 26.0 Å². The Morgan fingerprint density at radius 1 is 1.53 bits per heavy atom. The maximum Gasteiger partial charge on any atom is 0.215 e. The van der Waals surface area contributed by atoms with E-state index in [0.29, 0.717) is 17.0 Å². The minimum atomic E-state index is -3.49. The molecule has 0 saturated heterocycles. The summed E-state index contributed by atoms with van der Waals surface area (Å²) < 4.78 is 22.3. The van der Waals surface area contributed by atoms with Crippen LogP contribution < -0.4 is 10.5 Å². The summed E-state index contributed by atoms with van der Waals surface area (Å²) in [6.45, 7) is 5.15. The van der Waals surface area contributed by atoms with Gasteiger partial charge >= 0.3 is 0 Å². The number of hydrogen-bond donors (Lipinski definition) is 2. The van der Waals surface area contributed by atoms with Gasteiger partial charge in [0, 0.05) is 23.4 Å². The third-order valence-corrected chi connectivity index (χ3v) is 5.20. The lowest BCUT2D eigenvalue weighted by Gasteiger charge is -2.22. The smallest absolute Gasteiger partial charge is 0.215 e. The van der Waals surface area contributed by atoms with Gasteiger partial charge in [-0.1, -0.05) is 13.8 Å². The minimum absolute atomic E-state index is 0.144. The molecule has 0 spiro atoms. The first-order valence-corrected chi connectivity index (χ1v) is 9.10. The van der Waals surface area contributed by atoms with E-state index in [9.17, 15) is 8.42 Å². The Balaban J connectivity index is 2.15. The van der Waals surface area contributed by atoms with Crippen molar-refractivity contribution in [1.29, 1.82) is 0 Å². The summed E-state index contributed by atoms with van der Waals surface area (Å²) in [4.78, 5) is 5.75. The van der Waals surface area contributed by atoms with Crippen molar-refractivity contribution in [2.45, 2.75) is 50.8 Å². The zero-order chi connectivity index (χ0) is 14.0. The Kier molecular flexibility index (Phi) is 4.60. The second kappa shape index (κ2) is 5.87. The SMILES string of the molecule is CC(C)NCC1CCCc2sc(CS(N)(=O)=O)nc21. The highest BCUT2D eigenvalue weighted by Crippen LogP contribution is 2.34. The molecule has 2 rings (SSSR count). The first-order valence-electron chi connectivity index (χ1n) is 6.57. The van der Waals surface area contributed by atoms with E-state index < -0.39 is 10.0 Å². The van der Waals surface area contributed by atoms with Gasteiger partial charge in [0.25, 0.3) is 0 Å². The van der Waals surface area contributed by atoms with Crippen LogP contribution in [0.1, 0.15) is 48.2 Å². The second-order valence-electron chi connectivity index (χ2n) is 5.38. The number of nitrogens with zero attached hydrogens (tertiary/aromatic N) is 1. The molecule has 3 N–H and O–H groups in total. The maximum absolute atomic E-state index is 11.1. The zero-order valence-corrected chi connectivity index (χ0v) is 13.0. The number of nitrogens with two attached hydrogens (primary N) is 1. The van der Waals surface area contributed by atoms with Gasteiger partial charge in [0.05, 0.1) is 5.69 Å². The number of hydrogen-bond acceptors (Lipinski definition) is 5. The number of aryl methyl sites for hydroxylation is 1. The van der Waals surface area contributed by atoms with Crippen molar-refractivity contribution in [3.05, 3.63) is 15.6 Å². The summed E-state index contributed by atoms with van der Waals surface area (Å²) in [7, 11) is -3.49. The van der Waals surface area contributed by atoms with Crippen molar-refractivity contribution in [3.63, 3.8) is 0 Å². The van der Waals surface area contributed by atoms with Gasteiger partial charge in [-0.25, -0.2) is 18.5 Å². The van der Waals surface area contributed by atoms with E-state index >= 15 is 0 Å². The van der Waals surface area contributed by atoms with E-state index in [0.717, 1.165) is 31.5 Å². The molecular formula is C12H21N3O2S2. The lowest BCUT2D eigenvalue weighted by Crippen LogP contribution is -2.29. The molecule has 0 bridgehead atoms. The van der Waals surface area contributed by atoms with Crippen molar-refractivity contribution < 1.29 is 8.42 Å². The van der Waals surface area contributed by atoms with E-state index in [4.69, 9.17) is 5.14 Å². The molecular weight excluding hydrogens is 282 g/mol. The highest BCUT2D eigenvalue weighted by atomic mass is 32.2. The standard InChI is InChI=1S/C12H21N3O2S2/c1-8(2)14-6-9-4-3-5-10-12(9)15-11(18-10)7-19(13,16)17/h8-9,14H,3-7H2,1-2H3,(H2,13,16,17). The summed E-state index contributed by atoms with van der Waals surface area (Å²) in [5.41, 5.74) is 1.09. The number of thiazole rings is 1. The molecule has 0 fully saturated rings. The van der Waals surface area contributed by atoms with Crippen LogP contribution in [0.5, 0.6) is 0 Å². The topological polar surface area (TPSA) is 85.1 Å². The number of fused-ring (bicyclic) bond motifs is 1. The van der Waals surface area contributed by atoms with Crippen LogP contribution in [0.2, 0.25) is 0 Å². The molecule has 1 aliphatic rings. The van der Waals surface area contributed by atoms with Gasteiger partial charge in [-0.3, -0.25) is 0 Å². The average molecular weight is 303 g/mol. The zero-order valence-electron chi connectivity index (χ0n) is 11.3. The Morgan fingerprint density at radius 3 is 2.89 bits per heavy atom. The molecule has 108 valence electrons. The van der Waals surface area contributed by atoms with Gasteiger partial charge in [0.15, 0.2) is 0 Å². The van der Waals surface area contributed by atoms with Gasteiger partial charge < -0.3 is 5.32 Å². The summed E-state index contributed by atoms with van der Waals surface area (Å²) in [6, 6.07) is 0.452. The summed E-state index contributed by atoms with van der Waals surface area (Å²) in [6.07, 6.45) is 3.27. The predicted octanol–water partition coefficient (Wildman–Crippen LogP) is 1.35. The normalized spacial score (nSPS) is 19.7.